The molecular formula is C18H25N5. The standard InChI is InChI=1S/C18H25N5/c1-3-9-17(10-4-1)21-18(22-13-5-2-6-14-22)19-11-7-15-23-16-8-12-20-23/h1,3-4,8-10,12,16H,2,5-7,11,13-15H2,(H,19,21). The summed E-state index contributed by atoms with van der Waals surface area (Å²) in [5.74, 6) is 1.01. The minimum Gasteiger partial charge on any atom is -0.343 e. The molecule has 0 aliphatic carbocycles. The number of anilines is 1. The summed E-state index contributed by atoms with van der Waals surface area (Å²) in [6, 6.07) is 12.3. The lowest BCUT2D eigenvalue weighted by Gasteiger charge is -2.30. The molecular weight excluding hydrogens is 286 g/mol. The maximum absolute atomic E-state index is 4.83. The molecule has 0 atom stereocenters. The summed E-state index contributed by atoms with van der Waals surface area (Å²) in [4.78, 5) is 7.21. The van der Waals surface area contributed by atoms with E-state index in [0.29, 0.717) is 0 Å². The van der Waals surface area contributed by atoms with E-state index >= 15 is 0 Å². The summed E-state index contributed by atoms with van der Waals surface area (Å²) in [6.45, 7) is 3.91. The molecule has 23 heavy (non-hydrogen) atoms. The SMILES string of the molecule is c1ccc(NC(=NCCCn2cccn2)N2CCCCC2)cc1. The molecule has 122 valence electrons. The lowest BCUT2D eigenvalue weighted by Crippen LogP contribution is -2.40. The third-order valence-electron chi connectivity index (χ3n) is 4.05. The Kier molecular flexibility index (Phi) is 5.67. The van der Waals surface area contributed by atoms with E-state index in [4.69, 9.17) is 4.99 Å². The van der Waals surface area contributed by atoms with Crippen molar-refractivity contribution in [1.82, 2.24) is 14.7 Å². The summed E-state index contributed by atoms with van der Waals surface area (Å²) >= 11 is 0. The largest absolute Gasteiger partial charge is 0.343 e. The van der Waals surface area contributed by atoms with Crippen LogP contribution in [0.15, 0.2) is 53.8 Å². The van der Waals surface area contributed by atoms with E-state index in [0.717, 1.165) is 44.2 Å². The lowest BCUT2D eigenvalue weighted by molar-refractivity contribution is 0.340. The predicted molar refractivity (Wildman–Crippen MR) is 94.6 cm³/mol. The number of likely N-dealkylation sites (tertiary alicyclic amines) is 1. The molecule has 1 aromatic carbocycles. The van der Waals surface area contributed by atoms with Gasteiger partial charge in [-0.2, -0.15) is 5.10 Å². The van der Waals surface area contributed by atoms with Crippen LogP contribution >= 0.6 is 0 Å². The van der Waals surface area contributed by atoms with Crippen molar-refractivity contribution < 1.29 is 0 Å². The van der Waals surface area contributed by atoms with E-state index in [1.165, 1.54) is 19.3 Å². The highest BCUT2D eigenvalue weighted by Gasteiger charge is 2.14. The second-order valence-electron chi connectivity index (χ2n) is 5.87. The number of rotatable bonds is 5. The average Bonchev–Trinajstić information content (AvgIpc) is 3.13. The zero-order valence-electron chi connectivity index (χ0n) is 13.6. The summed E-state index contributed by atoms with van der Waals surface area (Å²) < 4.78 is 1.96. The highest BCUT2D eigenvalue weighted by atomic mass is 15.3. The van der Waals surface area contributed by atoms with Crippen molar-refractivity contribution in [1.29, 1.82) is 0 Å². The van der Waals surface area contributed by atoms with Crippen LogP contribution in [0.5, 0.6) is 0 Å². The van der Waals surface area contributed by atoms with E-state index in [1.807, 2.05) is 41.3 Å². The van der Waals surface area contributed by atoms with Crippen LogP contribution in [0.25, 0.3) is 0 Å². The Hall–Kier alpha value is -2.30. The lowest BCUT2D eigenvalue weighted by atomic mass is 10.1. The topological polar surface area (TPSA) is 45.5 Å². The van der Waals surface area contributed by atoms with Crippen LogP contribution in [-0.2, 0) is 6.54 Å². The average molecular weight is 311 g/mol. The number of aryl methyl sites for hydroxylation is 1. The fourth-order valence-corrected chi connectivity index (χ4v) is 2.83. The van der Waals surface area contributed by atoms with Crippen molar-refractivity contribution in [3.63, 3.8) is 0 Å². The molecule has 1 fully saturated rings. The summed E-state index contributed by atoms with van der Waals surface area (Å²) in [5.41, 5.74) is 1.10. The Bertz CT molecular complexity index is 585. The molecule has 1 aliphatic rings. The van der Waals surface area contributed by atoms with Crippen molar-refractivity contribution in [2.24, 2.45) is 4.99 Å². The normalized spacial score (nSPS) is 15.7. The molecule has 5 heteroatoms. The van der Waals surface area contributed by atoms with E-state index in [1.54, 1.807) is 0 Å². The van der Waals surface area contributed by atoms with Gasteiger partial charge in [-0.25, -0.2) is 0 Å². The number of aliphatic imine (C=N–C) groups is 1. The molecule has 0 bridgehead atoms. The highest BCUT2D eigenvalue weighted by molar-refractivity contribution is 5.93. The number of benzene rings is 1. The van der Waals surface area contributed by atoms with Crippen LogP contribution in [0.2, 0.25) is 0 Å². The van der Waals surface area contributed by atoms with Crippen LogP contribution < -0.4 is 5.32 Å². The second-order valence-corrected chi connectivity index (χ2v) is 5.87. The Morgan fingerprint density at radius 2 is 1.91 bits per heavy atom. The van der Waals surface area contributed by atoms with Crippen molar-refractivity contribution in [2.75, 3.05) is 25.0 Å². The molecule has 2 aromatic rings. The summed E-state index contributed by atoms with van der Waals surface area (Å²) in [7, 11) is 0. The van der Waals surface area contributed by atoms with Crippen LogP contribution in [0.4, 0.5) is 5.69 Å². The molecule has 3 rings (SSSR count). The van der Waals surface area contributed by atoms with Gasteiger partial charge >= 0.3 is 0 Å². The predicted octanol–water partition coefficient (Wildman–Crippen LogP) is 3.23. The minimum absolute atomic E-state index is 0.811. The van der Waals surface area contributed by atoms with Gasteiger partial charge < -0.3 is 10.2 Å². The Labute approximate surface area is 138 Å². The van der Waals surface area contributed by atoms with Crippen molar-refractivity contribution >= 4 is 11.6 Å². The maximum atomic E-state index is 4.83. The summed E-state index contributed by atoms with van der Waals surface area (Å²) in [6.07, 6.45) is 8.65. The molecule has 2 heterocycles. The van der Waals surface area contributed by atoms with Gasteiger partial charge in [-0.15, -0.1) is 0 Å². The van der Waals surface area contributed by atoms with Crippen LogP contribution in [0.1, 0.15) is 25.7 Å². The number of nitrogens with zero attached hydrogens (tertiary/aromatic N) is 4. The van der Waals surface area contributed by atoms with Crippen molar-refractivity contribution in [3.8, 4) is 0 Å². The van der Waals surface area contributed by atoms with Gasteiger partial charge in [0.05, 0.1) is 0 Å². The molecule has 0 radical (unpaired) electrons. The number of piperidine rings is 1. The number of guanidine groups is 1. The molecule has 1 saturated heterocycles. The zero-order chi connectivity index (χ0) is 15.7. The molecule has 0 amide bonds. The molecule has 1 N–H and O–H groups in total. The van der Waals surface area contributed by atoms with Gasteiger partial charge in [0.15, 0.2) is 5.96 Å². The van der Waals surface area contributed by atoms with Crippen molar-refractivity contribution in [2.45, 2.75) is 32.2 Å². The van der Waals surface area contributed by atoms with E-state index in [-0.39, 0.29) is 0 Å². The third-order valence-corrected chi connectivity index (χ3v) is 4.05. The fourth-order valence-electron chi connectivity index (χ4n) is 2.83. The van der Waals surface area contributed by atoms with Crippen LogP contribution in [0, 0.1) is 0 Å². The third kappa shape index (κ3) is 4.84. The smallest absolute Gasteiger partial charge is 0.198 e. The molecule has 5 nitrogen and oxygen atoms in total. The zero-order valence-corrected chi connectivity index (χ0v) is 13.6. The van der Waals surface area contributed by atoms with Gasteiger partial charge in [-0.1, -0.05) is 18.2 Å². The van der Waals surface area contributed by atoms with Gasteiger partial charge in [-0.05, 0) is 43.9 Å². The molecule has 0 unspecified atom stereocenters. The monoisotopic (exact) mass is 311 g/mol. The maximum Gasteiger partial charge on any atom is 0.198 e. The van der Waals surface area contributed by atoms with Gasteiger partial charge in [0.1, 0.15) is 0 Å². The first-order valence-corrected chi connectivity index (χ1v) is 8.51. The Morgan fingerprint density at radius 3 is 2.65 bits per heavy atom. The molecule has 1 aromatic heterocycles. The van der Waals surface area contributed by atoms with Crippen LogP contribution in [-0.4, -0.2) is 40.3 Å². The first kappa shape index (κ1) is 15.6. The van der Waals surface area contributed by atoms with Crippen LogP contribution in [0.3, 0.4) is 0 Å². The van der Waals surface area contributed by atoms with Gasteiger partial charge in [-0.3, -0.25) is 9.67 Å². The quantitative estimate of drug-likeness (QED) is 0.524. The minimum atomic E-state index is 0.811. The number of hydrogen-bond acceptors (Lipinski definition) is 2. The van der Waals surface area contributed by atoms with Gasteiger partial charge in [0.25, 0.3) is 0 Å². The number of para-hydroxylation sites is 1. The fraction of sp³-hybridized carbons (Fsp3) is 0.444. The first-order chi connectivity index (χ1) is 11.4. The molecule has 1 aliphatic heterocycles. The first-order valence-electron chi connectivity index (χ1n) is 8.51. The number of hydrogen-bond donors (Lipinski definition) is 1. The Balaban J connectivity index is 1.60. The summed E-state index contributed by atoms with van der Waals surface area (Å²) in [5, 5.41) is 7.73. The number of nitrogens with one attached hydrogen (secondary N) is 1. The van der Waals surface area contributed by atoms with Crippen molar-refractivity contribution in [3.05, 3.63) is 48.8 Å². The molecule has 0 saturated carbocycles. The van der Waals surface area contributed by atoms with Gasteiger partial charge in [0.2, 0.25) is 0 Å². The Morgan fingerprint density at radius 1 is 1.09 bits per heavy atom. The van der Waals surface area contributed by atoms with Gasteiger partial charge in [0, 0.05) is 44.3 Å². The van der Waals surface area contributed by atoms with E-state index in [9.17, 15) is 0 Å². The second kappa shape index (κ2) is 8.36. The highest BCUT2D eigenvalue weighted by Crippen LogP contribution is 2.12. The number of aromatic nitrogens is 2. The van der Waals surface area contributed by atoms with E-state index < -0.39 is 0 Å². The molecule has 0 spiro atoms. The van der Waals surface area contributed by atoms with E-state index in [2.05, 4.69) is 27.4 Å².